The fourth-order valence-electron chi connectivity index (χ4n) is 5.54. The number of phenolic OH excluding ortho intramolecular Hbond substituents is 1. The minimum atomic E-state index is -3.52. The van der Waals surface area contributed by atoms with E-state index in [2.05, 4.69) is 30.5 Å². The average Bonchev–Trinajstić information content (AvgIpc) is 3.50. The van der Waals surface area contributed by atoms with Crippen molar-refractivity contribution in [2.45, 2.75) is 44.3 Å². The number of anilines is 2. The predicted octanol–water partition coefficient (Wildman–Crippen LogP) is 2.19. The molecule has 4 N–H and O–H groups in total. The third kappa shape index (κ3) is 5.36. The van der Waals surface area contributed by atoms with Crippen LogP contribution in [0.2, 0.25) is 0 Å². The van der Waals surface area contributed by atoms with Crippen molar-refractivity contribution in [2.75, 3.05) is 29.6 Å². The first kappa shape index (κ1) is 26.5. The summed E-state index contributed by atoms with van der Waals surface area (Å²) in [5.41, 5.74) is 2.90. The van der Waals surface area contributed by atoms with Crippen molar-refractivity contribution in [1.29, 1.82) is 0 Å². The van der Waals surface area contributed by atoms with Gasteiger partial charge in [-0.3, -0.25) is 14.2 Å². The molecule has 2 fully saturated rings. The Balaban J connectivity index is 1.29. The van der Waals surface area contributed by atoms with Crippen LogP contribution in [0.5, 0.6) is 5.75 Å². The van der Waals surface area contributed by atoms with E-state index >= 15 is 0 Å². The first-order valence-corrected chi connectivity index (χ1v) is 15.4. The number of rotatable bonds is 8. The van der Waals surface area contributed by atoms with Crippen LogP contribution in [0.25, 0.3) is 21.8 Å². The molecule has 1 aliphatic carbocycles. The molecule has 13 heteroatoms. The number of amides is 1. The fraction of sp³-hybridized carbons (Fsp3) is 0.444. The molecule has 12 nitrogen and oxygen atoms in total. The molecule has 1 amide bonds. The molecule has 1 saturated carbocycles. The van der Waals surface area contributed by atoms with Crippen molar-refractivity contribution >= 4 is 49.1 Å². The van der Waals surface area contributed by atoms with Crippen LogP contribution in [0.15, 0.2) is 30.6 Å². The van der Waals surface area contributed by atoms with E-state index in [9.17, 15) is 18.3 Å². The lowest BCUT2D eigenvalue weighted by atomic mass is 10.0. The molecule has 40 heavy (non-hydrogen) atoms. The third-order valence-electron chi connectivity index (χ3n) is 7.64. The molecule has 2 aliphatic rings. The van der Waals surface area contributed by atoms with Crippen LogP contribution in [-0.2, 0) is 30.7 Å². The SMILES string of the molecule is Cn1cc2cc(NC(=O)c3ccc(N4CCC(NC5CC5)CC4)c4cn(C)nc34)c(O)c(CNS(C)(=O)=O)c2n1. The number of aromatic nitrogens is 4. The van der Waals surface area contributed by atoms with E-state index in [1.54, 1.807) is 34.7 Å². The zero-order valence-corrected chi connectivity index (χ0v) is 23.6. The minimum absolute atomic E-state index is 0.161. The highest BCUT2D eigenvalue weighted by Gasteiger charge is 2.28. The number of carbonyl (C=O) groups is 1. The van der Waals surface area contributed by atoms with Crippen molar-refractivity contribution < 1.29 is 18.3 Å². The number of benzene rings is 2. The number of sulfonamides is 1. The summed E-state index contributed by atoms with van der Waals surface area (Å²) < 4.78 is 29.1. The second-order valence-corrected chi connectivity index (χ2v) is 12.8. The molecule has 0 bridgehead atoms. The summed E-state index contributed by atoms with van der Waals surface area (Å²) >= 11 is 0. The smallest absolute Gasteiger partial charge is 0.258 e. The van der Waals surface area contributed by atoms with E-state index in [0.717, 1.165) is 43.3 Å². The maximum atomic E-state index is 13.6. The standard InChI is InChI=1S/C27H34N8O4S/c1-33-14-16-12-22(26(36)20(24(16)31-33)13-28-40(3,38)39)30-27(37)19-6-7-23(21-15-34(2)32-25(19)21)35-10-8-18(9-11-35)29-17-4-5-17/h6-7,12,14-15,17-18,28-29,36H,4-5,8-11,13H2,1-3H3,(H,30,37). The van der Waals surface area contributed by atoms with E-state index in [-0.39, 0.29) is 23.5 Å². The van der Waals surface area contributed by atoms with Crippen molar-refractivity contribution in [3.63, 3.8) is 0 Å². The summed E-state index contributed by atoms with van der Waals surface area (Å²) in [7, 11) is 0.0422. The van der Waals surface area contributed by atoms with Crippen molar-refractivity contribution in [3.8, 4) is 5.75 Å². The van der Waals surface area contributed by atoms with Crippen LogP contribution in [0.3, 0.4) is 0 Å². The fourth-order valence-corrected chi connectivity index (χ4v) is 5.94. The number of fused-ring (bicyclic) bond motifs is 2. The van der Waals surface area contributed by atoms with Crippen molar-refractivity contribution in [1.82, 2.24) is 29.6 Å². The quantitative estimate of drug-likeness (QED) is 0.238. The van der Waals surface area contributed by atoms with Crippen molar-refractivity contribution in [2.24, 2.45) is 14.1 Å². The van der Waals surface area contributed by atoms with Gasteiger partial charge >= 0.3 is 0 Å². The molecule has 2 aromatic carbocycles. The maximum Gasteiger partial charge on any atom is 0.258 e. The van der Waals surface area contributed by atoms with Crippen LogP contribution in [-0.4, -0.2) is 70.4 Å². The minimum Gasteiger partial charge on any atom is -0.505 e. The number of aryl methyl sites for hydroxylation is 2. The lowest BCUT2D eigenvalue weighted by Gasteiger charge is -2.34. The first-order chi connectivity index (χ1) is 19.1. The number of carbonyl (C=O) groups excluding carboxylic acids is 1. The van der Waals surface area contributed by atoms with Gasteiger partial charge in [-0.25, -0.2) is 13.1 Å². The van der Waals surface area contributed by atoms with Gasteiger partial charge in [-0.05, 0) is 43.9 Å². The Morgan fingerprint density at radius 1 is 1.02 bits per heavy atom. The van der Waals surface area contributed by atoms with E-state index in [4.69, 9.17) is 0 Å². The first-order valence-electron chi connectivity index (χ1n) is 13.5. The van der Waals surface area contributed by atoms with Gasteiger partial charge in [-0.2, -0.15) is 10.2 Å². The number of piperidine rings is 1. The van der Waals surface area contributed by atoms with Crippen LogP contribution in [0, 0.1) is 0 Å². The molecule has 4 aromatic rings. The third-order valence-corrected chi connectivity index (χ3v) is 8.31. The molecule has 1 saturated heterocycles. The van der Waals surface area contributed by atoms with E-state index < -0.39 is 15.9 Å². The Morgan fingerprint density at radius 3 is 2.40 bits per heavy atom. The number of aromatic hydroxyl groups is 1. The van der Waals surface area contributed by atoms with Gasteiger partial charge in [0, 0.05) is 80.2 Å². The average molecular weight is 567 g/mol. The highest BCUT2D eigenvalue weighted by Crippen LogP contribution is 2.36. The zero-order chi connectivity index (χ0) is 28.2. The predicted molar refractivity (Wildman–Crippen MR) is 154 cm³/mol. The summed E-state index contributed by atoms with van der Waals surface area (Å²) in [6.45, 7) is 1.69. The summed E-state index contributed by atoms with van der Waals surface area (Å²) in [4.78, 5) is 15.9. The molecular weight excluding hydrogens is 532 g/mol. The molecule has 212 valence electrons. The van der Waals surface area contributed by atoms with Gasteiger partial charge < -0.3 is 20.6 Å². The molecule has 3 heterocycles. The Hall–Kier alpha value is -3.68. The van der Waals surface area contributed by atoms with E-state index in [1.165, 1.54) is 12.8 Å². The lowest BCUT2D eigenvalue weighted by molar-refractivity contribution is 0.102. The normalized spacial score (nSPS) is 16.7. The molecule has 6 rings (SSSR count). The van der Waals surface area contributed by atoms with Gasteiger partial charge in [-0.15, -0.1) is 0 Å². The summed E-state index contributed by atoms with van der Waals surface area (Å²) in [5.74, 6) is -0.671. The zero-order valence-electron chi connectivity index (χ0n) is 22.8. The summed E-state index contributed by atoms with van der Waals surface area (Å²) in [6.07, 6.45) is 9.44. The van der Waals surface area contributed by atoms with Crippen LogP contribution in [0.4, 0.5) is 11.4 Å². The highest BCUT2D eigenvalue weighted by molar-refractivity contribution is 7.88. The van der Waals surface area contributed by atoms with Gasteiger partial charge in [0.05, 0.1) is 17.5 Å². The van der Waals surface area contributed by atoms with Gasteiger partial charge in [-0.1, -0.05) is 0 Å². The maximum absolute atomic E-state index is 13.6. The topological polar surface area (TPSA) is 146 Å². The van der Waals surface area contributed by atoms with Gasteiger partial charge in [0.2, 0.25) is 10.0 Å². The molecule has 0 atom stereocenters. The van der Waals surface area contributed by atoms with Crippen LogP contribution >= 0.6 is 0 Å². The number of nitrogens with one attached hydrogen (secondary N) is 3. The summed E-state index contributed by atoms with van der Waals surface area (Å²) in [5, 5.41) is 28.1. The lowest BCUT2D eigenvalue weighted by Crippen LogP contribution is -2.43. The Kier molecular flexibility index (Phi) is 6.67. The van der Waals surface area contributed by atoms with Crippen molar-refractivity contribution in [3.05, 3.63) is 41.7 Å². The van der Waals surface area contributed by atoms with Crippen LogP contribution in [0.1, 0.15) is 41.6 Å². The molecular formula is C27H34N8O4S. The Morgan fingerprint density at radius 2 is 1.70 bits per heavy atom. The Bertz CT molecular complexity index is 1720. The Labute approximate surface area is 232 Å². The molecule has 0 radical (unpaired) electrons. The molecule has 1 aliphatic heterocycles. The van der Waals surface area contributed by atoms with Gasteiger partial charge in [0.1, 0.15) is 16.8 Å². The second kappa shape index (κ2) is 10.1. The van der Waals surface area contributed by atoms with E-state index in [0.29, 0.717) is 34.1 Å². The largest absolute Gasteiger partial charge is 0.505 e. The number of hydrogen-bond acceptors (Lipinski definition) is 8. The molecule has 0 spiro atoms. The van der Waals surface area contributed by atoms with Crippen LogP contribution < -0.4 is 20.3 Å². The molecule has 2 aromatic heterocycles. The van der Waals surface area contributed by atoms with E-state index in [1.807, 2.05) is 19.3 Å². The summed E-state index contributed by atoms with van der Waals surface area (Å²) in [6, 6.07) is 6.63. The number of nitrogens with zero attached hydrogens (tertiary/aromatic N) is 5. The van der Waals surface area contributed by atoms with Gasteiger partial charge in [0.15, 0.2) is 0 Å². The highest BCUT2D eigenvalue weighted by atomic mass is 32.2. The van der Waals surface area contributed by atoms with Gasteiger partial charge in [0.25, 0.3) is 5.91 Å². The second-order valence-electron chi connectivity index (χ2n) is 10.9. The number of phenols is 1. The number of hydrogen-bond donors (Lipinski definition) is 4. The monoisotopic (exact) mass is 566 g/mol. The molecule has 0 unspecified atom stereocenters.